The predicted octanol–water partition coefficient (Wildman–Crippen LogP) is 4.29. The molecule has 0 aliphatic heterocycles. The van der Waals surface area contributed by atoms with Gasteiger partial charge in [0.05, 0.1) is 12.3 Å². The molecule has 1 saturated carbocycles. The van der Waals surface area contributed by atoms with Crippen LogP contribution in [0.5, 0.6) is 0 Å². The van der Waals surface area contributed by atoms with Crippen LogP contribution in [0, 0.1) is 5.92 Å². The molecule has 96 valence electrons. The molecule has 1 aromatic rings. The molecule has 1 aliphatic rings. The summed E-state index contributed by atoms with van der Waals surface area (Å²) >= 11 is 0. The molecule has 1 heterocycles. The molecule has 1 aliphatic carbocycles. The van der Waals surface area contributed by atoms with Gasteiger partial charge in [0, 0.05) is 0 Å². The summed E-state index contributed by atoms with van der Waals surface area (Å²) in [5, 5.41) is 3.61. The first-order valence-electron chi connectivity index (χ1n) is 7.18. The third kappa shape index (κ3) is 3.60. The molecule has 2 nitrogen and oxygen atoms in total. The highest BCUT2D eigenvalue weighted by Gasteiger charge is 2.24. The van der Waals surface area contributed by atoms with E-state index in [1.165, 1.54) is 44.9 Å². The number of furan rings is 1. The van der Waals surface area contributed by atoms with Crippen LogP contribution in [-0.2, 0) is 0 Å². The van der Waals surface area contributed by atoms with Gasteiger partial charge in [0.25, 0.3) is 0 Å². The second-order valence-corrected chi connectivity index (χ2v) is 5.16. The molecule has 1 N–H and O–H groups in total. The van der Waals surface area contributed by atoms with E-state index in [4.69, 9.17) is 4.42 Å². The number of rotatable bonds is 4. The number of hydrogen-bond donors (Lipinski definition) is 1. The van der Waals surface area contributed by atoms with Gasteiger partial charge in [-0.15, -0.1) is 0 Å². The maximum absolute atomic E-state index is 5.61. The summed E-state index contributed by atoms with van der Waals surface area (Å²) in [4.78, 5) is 0. The van der Waals surface area contributed by atoms with Crippen LogP contribution in [0.4, 0.5) is 0 Å². The van der Waals surface area contributed by atoms with E-state index >= 15 is 0 Å². The highest BCUT2D eigenvalue weighted by atomic mass is 16.3. The fourth-order valence-corrected chi connectivity index (χ4v) is 3.01. The van der Waals surface area contributed by atoms with Crippen molar-refractivity contribution in [3.05, 3.63) is 24.2 Å². The van der Waals surface area contributed by atoms with E-state index in [0.29, 0.717) is 6.04 Å². The van der Waals surface area contributed by atoms with E-state index in [1.807, 2.05) is 6.07 Å². The summed E-state index contributed by atoms with van der Waals surface area (Å²) in [5.74, 6) is 1.87. The number of nitrogens with one attached hydrogen (secondary N) is 1. The second-order valence-electron chi connectivity index (χ2n) is 5.16. The third-order valence-corrected chi connectivity index (χ3v) is 3.89. The quantitative estimate of drug-likeness (QED) is 0.842. The fraction of sp³-hybridized carbons (Fsp3) is 0.733. The SMILES string of the molecule is CCNC(c1ccco1)C1CCCCCCC1. The van der Waals surface area contributed by atoms with Gasteiger partial charge in [-0.3, -0.25) is 0 Å². The van der Waals surface area contributed by atoms with Crippen LogP contribution in [0.2, 0.25) is 0 Å². The molecule has 1 atom stereocenters. The van der Waals surface area contributed by atoms with Crippen LogP contribution in [-0.4, -0.2) is 6.54 Å². The summed E-state index contributed by atoms with van der Waals surface area (Å²) in [6.45, 7) is 3.20. The zero-order valence-electron chi connectivity index (χ0n) is 11.0. The van der Waals surface area contributed by atoms with E-state index in [1.54, 1.807) is 6.26 Å². The fourth-order valence-electron chi connectivity index (χ4n) is 3.01. The maximum Gasteiger partial charge on any atom is 0.120 e. The Bertz CT molecular complexity index is 286. The van der Waals surface area contributed by atoms with Crippen LogP contribution in [0.25, 0.3) is 0 Å². The van der Waals surface area contributed by atoms with E-state index in [2.05, 4.69) is 18.3 Å². The Hall–Kier alpha value is -0.760. The molecule has 0 spiro atoms. The van der Waals surface area contributed by atoms with Crippen LogP contribution in [0.1, 0.15) is 63.7 Å². The number of hydrogen-bond acceptors (Lipinski definition) is 2. The zero-order valence-corrected chi connectivity index (χ0v) is 11.0. The van der Waals surface area contributed by atoms with E-state index < -0.39 is 0 Å². The molecule has 0 bridgehead atoms. The van der Waals surface area contributed by atoms with Crippen molar-refractivity contribution in [1.82, 2.24) is 5.32 Å². The van der Waals surface area contributed by atoms with E-state index in [9.17, 15) is 0 Å². The van der Waals surface area contributed by atoms with E-state index in [0.717, 1.165) is 18.2 Å². The van der Waals surface area contributed by atoms with Gasteiger partial charge >= 0.3 is 0 Å². The maximum atomic E-state index is 5.61. The minimum atomic E-state index is 0.424. The smallest absolute Gasteiger partial charge is 0.120 e. The molecule has 0 amide bonds. The lowest BCUT2D eigenvalue weighted by molar-refractivity contribution is 0.261. The van der Waals surface area contributed by atoms with Crippen molar-refractivity contribution in [2.75, 3.05) is 6.54 Å². The van der Waals surface area contributed by atoms with Gasteiger partial charge in [0.1, 0.15) is 5.76 Å². The molecule has 1 fully saturated rings. The minimum absolute atomic E-state index is 0.424. The van der Waals surface area contributed by atoms with Gasteiger partial charge in [-0.25, -0.2) is 0 Å². The van der Waals surface area contributed by atoms with Gasteiger partial charge in [-0.2, -0.15) is 0 Å². The lowest BCUT2D eigenvalue weighted by atomic mass is 9.85. The van der Waals surface area contributed by atoms with Crippen molar-refractivity contribution in [2.45, 2.75) is 57.9 Å². The lowest BCUT2D eigenvalue weighted by Crippen LogP contribution is -2.28. The molecule has 0 aromatic carbocycles. The molecule has 2 rings (SSSR count). The van der Waals surface area contributed by atoms with Crippen molar-refractivity contribution in [3.8, 4) is 0 Å². The largest absolute Gasteiger partial charge is 0.468 e. The highest BCUT2D eigenvalue weighted by Crippen LogP contribution is 2.33. The summed E-state index contributed by atoms with van der Waals surface area (Å²) in [6, 6.07) is 4.54. The van der Waals surface area contributed by atoms with Gasteiger partial charge in [0.2, 0.25) is 0 Å². The van der Waals surface area contributed by atoms with Gasteiger partial charge in [-0.1, -0.05) is 39.0 Å². The van der Waals surface area contributed by atoms with Crippen LogP contribution < -0.4 is 5.32 Å². The Morgan fingerprint density at radius 1 is 1.24 bits per heavy atom. The topological polar surface area (TPSA) is 25.2 Å². The van der Waals surface area contributed by atoms with Crippen molar-refractivity contribution in [1.29, 1.82) is 0 Å². The molecule has 0 saturated heterocycles. The normalized spacial score (nSPS) is 20.8. The minimum Gasteiger partial charge on any atom is -0.468 e. The summed E-state index contributed by atoms with van der Waals surface area (Å²) < 4.78 is 5.61. The van der Waals surface area contributed by atoms with Crippen molar-refractivity contribution >= 4 is 0 Å². The van der Waals surface area contributed by atoms with Crippen molar-refractivity contribution in [2.24, 2.45) is 5.92 Å². The zero-order chi connectivity index (χ0) is 11.9. The standard InChI is InChI=1S/C15H25NO/c1-2-16-15(14-11-8-12-17-14)13-9-6-4-3-5-7-10-13/h8,11-13,15-16H,2-7,9-10H2,1H3. The highest BCUT2D eigenvalue weighted by molar-refractivity contribution is 5.06. The average molecular weight is 235 g/mol. The first kappa shape index (κ1) is 12.7. The summed E-state index contributed by atoms with van der Waals surface area (Å²) in [6.07, 6.45) is 11.5. The van der Waals surface area contributed by atoms with Gasteiger partial charge < -0.3 is 9.73 Å². The lowest BCUT2D eigenvalue weighted by Gasteiger charge is -2.28. The van der Waals surface area contributed by atoms with Gasteiger partial charge in [0.15, 0.2) is 0 Å². The van der Waals surface area contributed by atoms with Crippen molar-refractivity contribution in [3.63, 3.8) is 0 Å². The Labute approximate surface area is 105 Å². The third-order valence-electron chi connectivity index (χ3n) is 3.89. The average Bonchev–Trinajstić information content (AvgIpc) is 2.79. The van der Waals surface area contributed by atoms with Crippen LogP contribution in [0.3, 0.4) is 0 Å². The molecule has 1 unspecified atom stereocenters. The predicted molar refractivity (Wildman–Crippen MR) is 70.9 cm³/mol. The van der Waals surface area contributed by atoms with Crippen LogP contribution >= 0.6 is 0 Å². The monoisotopic (exact) mass is 235 g/mol. The summed E-state index contributed by atoms with van der Waals surface area (Å²) in [5.41, 5.74) is 0. The Morgan fingerprint density at radius 3 is 2.53 bits per heavy atom. The Morgan fingerprint density at radius 2 is 1.94 bits per heavy atom. The van der Waals surface area contributed by atoms with Crippen molar-refractivity contribution < 1.29 is 4.42 Å². The van der Waals surface area contributed by atoms with E-state index in [-0.39, 0.29) is 0 Å². The first-order chi connectivity index (χ1) is 8.42. The first-order valence-corrected chi connectivity index (χ1v) is 7.18. The summed E-state index contributed by atoms with van der Waals surface area (Å²) in [7, 11) is 0. The Kier molecular flexibility index (Phi) is 5.11. The molecule has 2 heteroatoms. The molecule has 1 aromatic heterocycles. The van der Waals surface area contributed by atoms with Gasteiger partial charge in [-0.05, 0) is 37.4 Å². The molecule has 0 radical (unpaired) electrons. The Balaban J connectivity index is 2.02. The molecular formula is C15H25NO. The second kappa shape index (κ2) is 6.85. The van der Waals surface area contributed by atoms with Crippen LogP contribution in [0.15, 0.2) is 22.8 Å². The molecule has 17 heavy (non-hydrogen) atoms. The molecular weight excluding hydrogens is 210 g/mol.